The minimum atomic E-state index is -0.745. The molecule has 1 heterocycles. The van der Waals surface area contributed by atoms with E-state index in [0.717, 1.165) is 12.8 Å². The van der Waals surface area contributed by atoms with Crippen molar-refractivity contribution in [3.63, 3.8) is 0 Å². The Morgan fingerprint density at radius 2 is 1.90 bits per heavy atom. The van der Waals surface area contributed by atoms with Crippen molar-refractivity contribution in [1.82, 2.24) is 10.3 Å². The number of ether oxygens (including phenoxy) is 2. The highest BCUT2D eigenvalue weighted by Gasteiger charge is 2.12. The van der Waals surface area contributed by atoms with Gasteiger partial charge in [-0.15, -0.1) is 0 Å². The van der Waals surface area contributed by atoms with E-state index in [4.69, 9.17) is 21.1 Å². The molecule has 1 aromatic carbocycles. The summed E-state index contributed by atoms with van der Waals surface area (Å²) in [5.74, 6) is -1.08. The van der Waals surface area contributed by atoms with Gasteiger partial charge in [-0.25, -0.2) is 4.98 Å². The molecule has 0 aliphatic rings. The van der Waals surface area contributed by atoms with Crippen LogP contribution in [-0.4, -0.2) is 42.5 Å². The summed E-state index contributed by atoms with van der Waals surface area (Å²) >= 11 is 5.83. The van der Waals surface area contributed by atoms with Gasteiger partial charge in [-0.05, 0) is 42.8 Å². The number of esters is 1. The summed E-state index contributed by atoms with van der Waals surface area (Å²) in [7, 11) is 0. The molecule has 0 bridgehead atoms. The maximum Gasteiger partial charge on any atom is 0.325 e. The largest absolute Gasteiger partial charge is 0.494 e. The number of hydrogen-bond acceptors (Lipinski definition) is 6. The monoisotopic (exact) mass is 419 g/mol. The fraction of sp³-hybridized carbons (Fsp3) is 0.300. The van der Waals surface area contributed by atoms with Gasteiger partial charge in [0.1, 0.15) is 12.3 Å². The van der Waals surface area contributed by atoms with Gasteiger partial charge in [-0.3, -0.25) is 14.4 Å². The minimum absolute atomic E-state index is 0.126. The third-order valence-corrected chi connectivity index (χ3v) is 3.98. The third-order valence-electron chi connectivity index (χ3n) is 3.67. The predicted octanol–water partition coefficient (Wildman–Crippen LogP) is 2.83. The summed E-state index contributed by atoms with van der Waals surface area (Å²) < 4.78 is 10.4. The van der Waals surface area contributed by atoms with Crippen molar-refractivity contribution in [3.8, 4) is 5.75 Å². The summed E-state index contributed by atoms with van der Waals surface area (Å²) in [6, 6.07) is 9.76. The third kappa shape index (κ3) is 7.79. The maximum absolute atomic E-state index is 12.1. The molecule has 0 fully saturated rings. The number of hydrogen-bond donors (Lipinski definition) is 2. The number of carbonyl (C=O) groups is 3. The summed E-state index contributed by atoms with van der Waals surface area (Å²) in [4.78, 5) is 39.4. The Morgan fingerprint density at radius 3 is 2.59 bits per heavy atom. The number of pyridine rings is 1. The van der Waals surface area contributed by atoms with E-state index >= 15 is 0 Å². The van der Waals surface area contributed by atoms with Gasteiger partial charge in [0.05, 0.1) is 12.3 Å². The smallest absolute Gasteiger partial charge is 0.325 e. The Balaban J connectivity index is 1.70. The number of amides is 2. The van der Waals surface area contributed by atoms with Crippen molar-refractivity contribution in [2.45, 2.75) is 19.8 Å². The summed E-state index contributed by atoms with van der Waals surface area (Å²) in [5, 5.41) is 5.03. The lowest BCUT2D eigenvalue weighted by atomic mass is 10.2. The molecule has 2 amide bonds. The average Bonchev–Trinajstić information content (AvgIpc) is 2.73. The Hall–Kier alpha value is -3.13. The molecule has 2 rings (SSSR count). The van der Waals surface area contributed by atoms with E-state index in [1.165, 1.54) is 6.20 Å². The van der Waals surface area contributed by atoms with Crippen molar-refractivity contribution in [2.24, 2.45) is 0 Å². The number of anilines is 1. The Kier molecular flexibility index (Phi) is 8.91. The van der Waals surface area contributed by atoms with E-state index in [2.05, 4.69) is 22.5 Å². The van der Waals surface area contributed by atoms with E-state index < -0.39 is 24.4 Å². The van der Waals surface area contributed by atoms with Crippen LogP contribution in [0.5, 0.6) is 5.75 Å². The second-order valence-corrected chi connectivity index (χ2v) is 6.32. The molecule has 0 atom stereocenters. The predicted molar refractivity (Wildman–Crippen MR) is 108 cm³/mol. The van der Waals surface area contributed by atoms with E-state index in [-0.39, 0.29) is 11.7 Å². The van der Waals surface area contributed by atoms with Gasteiger partial charge in [0.15, 0.2) is 11.8 Å². The van der Waals surface area contributed by atoms with Gasteiger partial charge < -0.3 is 20.1 Å². The van der Waals surface area contributed by atoms with Gasteiger partial charge in [-0.2, -0.15) is 0 Å². The molecule has 0 aliphatic heterocycles. The SMILES string of the molecule is CCCCOc1ccc(C(=O)NCC(=O)OCC(=O)Nc2cccnc2Cl)cc1. The van der Waals surface area contributed by atoms with Crippen LogP contribution in [-0.2, 0) is 14.3 Å². The zero-order valence-electron chi connectivity index (χ0n) is 15.9. The van der Waals surface area contributed by atoms with Crippen molar-refractivity contribution in [1.29, 1.82) is 0 Å². The number of carbonyl (C=O) groups excluding carboxylic acids is 3. The molecule has 0 saturated heterocycles. The molecule has 2 aromatic rings. The van der Waals surface area contributed by atoms with E-state index in [1.54, 1.807) is 36.4 Å². The van der Waals surface area contributed by atoms with Crippen LogP contribution in [0.15, 0.2) is 42.6 Å². The number of nitrogens with one attached hydrogen (secondary N) is 2. The molecule has 2 N–H and O–H groups in total. The van der Waals surface area contributed by atoms with E-state index in [0.29, 0.717) is 23.6 Å². The summed E-state index contributed by atoms with van der Waals surface area (Å²) in [6.45, 7) is 1.82. The van der Waals surface area contributed by atoms with Crippen LogP contribution < -0.4 is 15.4 Å². The fourth-order valence-electron chi connectivity index (χ4n) is 2.15. The first-order valence-electron chi connectivity index (χ1n) is 9.06. The minimum Gasteiger partial charge on any atom is -0.494 e. The molecular formula is C20H22ClN3O5. The Morgan fingerprint density at radius 1 is 1.14 bits per heavy atom. The van der Waals surface area contributed by atoms with Crippen LogP contribution >= 0.6 is 11.6 Å². The van der Waals surface area contributed by atoms with Crippen LogP contribution in [0.1, 0.15) is 30.1 Å². The molecule has 0 saturated carbocycles. The van der Waals surface area contributed by atoms with Gasteiger partial charge in [0.2, 0.25) is 0 Å². The van der Waals surface area contributed by atoms with E-state index in [1.807, 2.05) is 0 Å². The zero-order chi connectivity index (χ0) is 21.1. The molecule has 8 nitrogen and oxygen atoms in total. The quantitative estimate of drug-likeness (QED) is 0.348. The highest BCUT2D eigenvalue weighted by Crippen LogP contribution is 2.17. The summed E-state index contributed by atoms with van der Waals surface area (Å²) in [5.41, 5.74) is 0.690. The Labute approximate surface area is 173 Å². The number of halogens is 1. The van der Waals surface area contributed by atoms with Crippen LogP contribution in [0, 0.1) is 0 Å². The van der Waals surface area contributed by atoms with Gasteiger partial charge in [-0.1, -0.05) is 24.9 Å². The van der Waals surface area contributed by atoms with Gasteiger partial charge >= 0.3 is 5.97 Å². The highest BCUT2D eigenvalue weighted by atomic mass is 35.5. The standard InChI is InChI=1S/C20H22ClN3O5/c1-2-3-11-28-15-8-6-14(7-9-15)20(27)23-12-18(26)29-13-17(25)24-16-5-4-10-22-19(16)21/h4-10H,2-3,11-13H2,1H3,(H,23,27)(H,24,25). The van der Waals surface area contributed by atoms with Crippen molar-refractivity contribution in [2.75, 3.05) is 25.1 Å². The van der Waals surface area contributed by atoms with Crippen LogP contribution in [0.3, 0.4) is 0 Å². The van der Waals surface area contributed by atoms with Gasteiger partial charge in [0.25, 0.3) is 11.8 Å². The van der Waals surface area contributed by atoms with Crippen molar-refractivity contribution in [3.05, 3.63) is 53.3 Å². The lowest BCUT2D eigenvalue weighted by molar-refractivity contribution is -0.146. The first-order chi connectivity index (χ1) is 14.0. The first-order valence-corrected chi connectivity index (χ1v) is 9.44. The maximum atomic E-state index is 12.1. The molecule has 29 heavy (non-hydrogen) atoms. The Bertz CT molecular complexity index is 842. The molecule has 9 heteroatoms. The molecule has 0 unspecified atom stereocenters. The van der Waals surface area contributed by atoms with Crippen molar-refractivity contribution < 1.29 is 23.9 Å². The van der Waals surface area contributed by atoms with Crippen LogP contribution in [0.2, 0.25) is 5.15 Å². The van der Waals surface area contributed by atoms with Gasteiger partial charge in [0, 0.05) is 11.8 Å². The van der Waals surface area contributed by atoms with E-state index in [9.17, 15) is 14.4 Å². The molecule has 0 aliphatic carbocycles. The summed E-state index contributed by atoms with van der Waals surface area (Å²) in [6.07, 6.45) is 3.47. The highest BCUT2D eigenvalue weighted by molar-refractivity contribution is 6.32. The first kappa shape index (κ1) is 22.2. The molecule has 0 radical (unpaired) electrons. The van der Waals surface area contributed by atoms with Crippen LogP contribution in [0.4, 0.5) is 5.69 Å². The topological polar surface area (TPSA) is 107 Å². The second kappa shape index (κ2) is 11.7. The van der Waals surface area contributed by atoms with Crippen molar-refractivity contribution >= 4 is 35.1 Å². The second-order valence-electron chi connectivity index (χ2n) is 5.96. The molecular weight excluding hydrogens is 398 g/mol. The average molecular weight is 420 g/mol. The number of benzene rings is 1. The fourth-order valence-corrected chi connectivity index (χ4v) is 2.32. The lowest BCUT2D eigenvalue weighted by Gasteiger charge is -2.09. The number of aromatic nitrogens is 1. The molecule has 1 aromatic heterocycles. The zero-order valence-corrected chi connectivity index (χ0v) is 16.7. The normalized spacial score (nSPS) is 10.1. The lowest BCUT2D eigenvalue weighted by Crippen LogP contribution is -2.32. The number of unbranched alkanes of at least 4 members (excludes halogenated alkanes) is 1. The van der Waals surface area contributed by atoms with Crippen LogP contribution in [0.25, 0.3) is 0 Å². The number of nitrogens with zero attached hydrogens (tertiary/aromatic N) is 1. The molecule has 154 valence electrons. The number of rotatable bonds is 10. The molecule has 0 spiro atoms.